The maximum atomic E-state index is 11.3. The average Bonchev–Trinajstić information content (AvgIpc) is 2.72. The molecule has 0 aliphatic carbocycles. The second-order valence-electron chi connectivity index (χ2n) is 4.84. The van der Waals surface area contributed by atoms with Gasteiger partial charge < -0.3 is 23.7 Å². The summed E-state index contributed by atoms with van der Waals surface area (Å²) in [5.41, 5.74) is 0. The first-order chi connectivity index (χ1) is 10.7. The molecule has 0 bridgehead atoms. The van der Waals surface area contributed by atoms with Crippen LogP contribution >= 0.6 is 0 Å². The van der Waals surface area contributed by atoms with Crippen LogP contribution in [0, 0.1) is 0 Å². The van der Waals surface area contributed by atoms with E-state index in [9.17, 15) is 19.2 Å². The molecule has 9 nitrogen and oxygen atoms in total. The van der Waals surface area contributed by atoms with Crippen molar-refractivity contribution in [3.8, 4) is 0 Å². The van der Waals surface area contributed by atoms with Crippen LogP contribution in [0.15, 0.2) is 0 Å². The third kappa shape index (κ3) is 5.85. The molecular weight excluding hydrogens is 312 g/mol. The standard InChI is InChI=1S/C14H20O9/c1-5-11(18)19-6-10-12(20-7(2)15)13(21-8(3)16)14(23-10)22-9(4)17/h10,12-14H,5-6H2,1-4H3/t10-,12+,13?,14-/m1/s1. The number of ether oxygens (including phenoxy) is 5. The van der Waals surface area contributed by atoms with Crippen LogP contribution in [-0.2, 0) is 42.9 Å². The summed E-state index contributed by atoms with van der Waals surface area (Å²) in [5.74, 6) is -2.46. The van der Waals surface area contributed by atoms with Gasteiger partial charge in [0.25, 0.3) is 0 Å². The molecule has 1 aliphatic heterocycles. The van der Waals surface area contributed by atoms with E-state index in [1.54, 1.807) is 6.92 Å². The van der Waals surface area contributed by atoms with E-state index in [1.165, 1.54) is 6.92 Å². The van der Waals surface area contributed by atoms with Crippen molar-refractivity contribution in [1.29, 1.82) is 0 Å². The van der Waals surface area contributed by atoms with Gasteiger partial charge in [-0.25, -0.2) is 0 Å². The SMILES string of the molecule is CCC(=O)OC[C@H]1O[C@@H](OC(C)=O)C(OC(C)=O)[C@H]1OC(C)=O. The molecule has 0 spiro atoms. The zero-order valence-electron chi connectivity index (χ0n) is 13.4. The molecule has 1 unspecified atom stereocenters. The van der Waals surface area contributed by atoms with E-state index >= 15 is 0 Å². The van der Waals surface area contributed by atoms with E-state index in [1.807, 2.05) is 0 Å². The molecule has 130 valence electrons. The van der Waals surface area contributed by atoms with E-state index in [4.69, 9.17) is 23.7 Å². The lowest BCUT2D eigenvalue weighted by Crippen LogP contribution is -2.42. The molecule has 0 aromatic rings. The summed E-state index contributed by atoms with van der Waals surface area (Å²) in [6, 6.07) is 0. The van der Waals surface area contributed by atoms with Gasteiger partial charge in [0.1, 0.15) is 12.7 Å². The second-order valence-corrected chi connectivity index (χ2v) is 4.84. The molecule has 1 aliphatic rings. The van der Waals surface area contributed by atoms with Crippen molar-refractivity contribution in [2.75, 3.05) is 6.61 Å². The lowest BCUT2D eigenvalue weighted by Gasteiger charge is -2.22. The normalized spacial score (nSPS) is 26.3. The molecule has 4 atom stereocenters. The highest BCUT2D eigenvalue weighted by atomic mass is 16.8. The van der Waals surface area contributed by atoms with Gasteiger partial charge in [-0.2, -0.15) is 0 Å². The lowest BCUT2D eigenvalue weighted by atomic mass is 10.1. The predicted octanol–water partition coefficient (Wildman–Crippen LogP) is 0.0910. The minimum absolute atomic E-state index is 0.158. The molecule has 1 heterocycles. The monoisotopic (exact) mass is 332 g/mol. The third-order valence-electron chi connectivity index (χ3n) is 2.85. The first kappa shape index (κ1) is 18.9. The number of hydrogen-bond acceptors (Lipinski definition) is 9. The lowest BCUT2D eigenvalue weighted by molar-refractivity contribution is -0.197. The van der Waals surface area contributed by atoms with E-state index in [-0.39, 0.29) is 13.0 Å². The van der Waals surface area contributed by atoms with E-state index in [2.05, 4.69) is 0 Å². The van der Waals surface area contributed by atoms with Crippen molar-refractivity contribution in [2.45, 2.75) is 58.7 Å². The minimum atomic E-state index is -1.26. The number of carbonyl (C=O) groups excluding carboxylic acids is 4. The summed E-state index contributed by atoms with van der Waals surface area (Å²) < 4.78 is 25.4. The highest BCUT2D eigenvalue weighted by Gasteiger charge is 2.51. The largest absolute Gasteiger partial charge is 0.463 e. The van der Waals surface area contributed by atoms with Gasteiger partial charge >= 0.3 is 23.9 Å². The minimum Gasteiger partial charge on any atom is -0.463 e. The van der Waals surface area contributed by atoms with Gasteiger partial charge in [-0.1, -0.05) is 6.92 Å². The van der Waals surface area contributed by atoms with Crippen LogP contribution in [0.3, 0.4) is 0 Å². The summed E-state index contributed by atoms with van der Waals surface area (Å²) in [4.78, 5) is 44.9. The highest BCUT2D eigenvalue weighted by Crippen LogP contribution is 2.28. The van der Waals surface area contributed by atoms with E-state index < -0.39 is 48.5 Å². The molecule has 1 saturated heterocycles. The van der Waals surface area contributed by atoms with Gasteiger partial charge in [0.2, 0.25) is 12.4 Å². The van der Waals surface area contributed by atoms with Crippen molar-refractivity contribution < 1.29 is 42.9 Å². The van der Waals surface area contributed by atoms with E-state index in [0.717, 1.165) is 13.8 Å². The summed E-state index contributed by atoms with van der Waals surface area (Å²) >= 11 is 0. The molecule has 1 fully saturated rings. The molecule has 0 amide bonds. The molecule has 0 aromatic heterocycles. The molecule has 1 rings (SSSR count). The summed E-state index contributed by atoms with van der Waals surface area (Å²) in [6.45, 7) is 4.85. The van der Waals surface area contributed by atoms with Crippen LogP contribution in [0.4, 0.5) is 0 Å². The number of hydrogen-bond donors (Lipinski definition) is 0. The predicted molar refractivity (Wildman–Crippen MR) is 72.8 cm³/mol. The van der Waals surface area contributed by atoms with Gasteiger partial charge in [-0.15, -0.1) is 0 Å². The maximum absolute atomic E-state index is 11.3. The Hall–Kier alpha value is -2.16. The molecule has 0 N–H and O–H groups in total. The second kappa shape index (κ2) is 8.47. The highest BCUT2D eigenvalue weighted by molar-refractivity contribution is 5.69. The molecule has 0 aromatic carbocycles. The Bertz CT molecular complexity index is 473. The zero-order chi connectivity index (χ0) is 17.6. The first-order valence-corrected chi connectivity index (χ1v) is 7.07. The Kier molecular flexibility index (Phi) is 6.95. The van der Waals surface area contributed by atoms with Crippen LogP contribution in [0.5, 0.6) is 0 Å². The molecule has 9 heteroatoms. The van der Waals surface area contributed by atoms with Crippen molar-refractivity contribution in [3.05, 3.63) is 0 Å². The summed E-state index contributed by atoms with van der Waals surface area (Å²) in [5, 5.41) is 0. The van der Waals surface area contributed by atoms with Crippen LogP contribution in [0.25, 0.3) is 0 Å². The van der Waals surface area contributed by atoms with Gasteiger partial charge in [-0.3, -0.25) is 19.2 Å². The average molecular weight is 332 g/mol. The Labute approximate surface area is 133 Å². The molecular formula is C14H20O9. The van der Waals surface area contributed by atoms with Crippen LogP contribution in [-0.4, -0.2) is 55.1 Å². The van der Waals surface area contributed by atoms with Gasteiger partial charge in [-0.05, 0) is 0 Å². The quantitative estimate of drug-likeness (QED) is 0.493. The fourth-order valence-corrected chi connectivity index (χ4v) is 2.01. The smallest absolute Gasteiger partial charge is 0.305 e. The fourth-order valence-electron chi connectivity index (χ4n) is 2.01. The zero-order valence-corrected chi connectivity index (χ0v) is 13.4. The number of carbonyl (C=O) groups is 4. The van der Waals surface area contributed by atoms with Crippen LogP contribution in [0.1, 0.15) is 34.1 Å². The van der Waals surface area contributed by atoms with E-state index in [0.29, 0.717) is 0 Å². The van der Waals surface area contributed by atoms with Crippen LogP contribution in [0.2, 0.25) is 0 Å². The van der Waals surface area contributed by atoms with Gasteiger partial charge in [0.15, 0.2) is 6.10 Å². The number of rotatable bonds is 6. The number of esters is 4. The summed E-state index contributed by atoms with van der Waals surface area (Å²) in [6.07, 6.45) is -4.24. The Morgan fingerprint density at radius 3 is 1.87 bits per heavy atom. The Morgan fingerprint density at radius 2 is 1.39 bits per heavy atom. The topological polar surface area (TPSA) is 114 Å². The third-order valence-corrected chi connectivity index (χ3v) is 2.85. The van der Waals surface area contributed by atoms with Crippen molar-refractivity contribution in [2.24, 2.45) is 0 Å². The Balaban J connectivity index is 2.92. The maximum Gasteiger partial charge on any atom is 0.305 e. The van der Waals surface area contributed by atoms with Crippen molar-refractivity contribution in [1.82, 2.24) is 0 Å². The summed E-state index contributed by atoms with van der Waals surface area (Å²) in [7, 11) is 0. The fraction of sp³-hybridized carbons (Fsp3) is 0.714. The van der Waals surface area contributed by atoms with Gasteiger partial charge in [0.05, 0.1) is 0 Å². The van der Waals surface area contributed by atoms with Crippen molar-refractivity contribution in [3.63, 3.8) is 0 Å². The molecule has 0 radical (unpaired) electrons. The first-order valence-electron chi connectivity index (χ1n) is 7.07. The molecule has 0 saturated carbocycles. The molecule has 23 heavy (non-hydrogen) atoms. The van der Waals surface area contributed by atoms with Gasteiger partial charge in [0, 0.05) is 27.2 Å². The Morgan fingerprint density at radius 1 is 0.870 bits per heavy atom. The van der Waals surface area contributed by atoms with Crippen molar-refractivity contribution >= 4 is 23.9 Å². The van der Waals surface area contributed by atoms with Crippen LogP contribution < -0.4 is 0 Å².